The van der Waals surface area contributed by atoms with Crippen molar-refractivity contribution in [3.63, 3.8) is 0 Å². The Morgan fingerprint density at radius 1 is 1.27 bits per heavy atom. The minimum atomic E-state index is -0.298. The highest BCUT2D eigenvalue weighted by molar-refractivity contribution is 5.81. The molecule has 0 heterocycles. The van der Waals surface area contributed by atoms with Gasteiger partial charge in [0.05, 0.1) is 0 Å². The molecule has 0 bridgehead atoms. The monoisotopic (exact) mass is 210 g/mol. The molecule has 0 aromatic carbocycles. The fourth-order valence-electron chi connectivity index (χ4n) is 3.04. The minimum Gasteiger partial charge on any atom is -0.459 e. The standard InChI is InChI=1S/C13H22O2/c1-6-11(14)15-10-7-12(2,3)9-13(4,5)8-10/h6,10H,1,7-9H2,2-5H3. The summed E-state index contributed by atoms with van der Waals surface area (Å²) in [6, 6.07) is 0. The largest absolute Gasteiger partial charge is 0.459 e. The van der Waals surface area contributed by atoms with Crippen LogP contribution in [0.5, 0.6) is 0 Å². The molecule has 0 saturated heterocycles. The highest BCUT2D eigenvalue weighted by Crippen LogP contribution is 2.46. The van der Waals surface area contributed by atoms with E-state index in [1.165, 1.54) is 12.5 Å². The van der Waals surface area contributed by atoms with E-state index < -0.39 is 0 Å². The van der Waals surface area contributed by atoms with Crippen LogP contribution >= 0.6 is 0 Å². The third-order valence-electron chi connectivity index (χ3n) is 2.97. The van der Waals surface area contributed by atoms with Crippen molar-refractivity contribution in [1.82, 2.24) is 0 Å². The van der Waals surface area contributed by atoms with E-state index in [2.05, 4.69) is 34.3 Å². The van der Waals surface area contributed by atoms with Crippen LogP contribution in [0.1, 0.15) is 47.0 Å². The van der Waals surface area contributed by atoms with Crippen LogP contribution in [0.2, 0.25) is 0 Å². The smallest absolute Gasteiger partial charge is 0.330 e. The van der Waals surface area contributed by atoms with Gasteiger partial charge in [-0.05, 0) is 30.1 Å². The Morgan fingerprint density at radius 3 is 2.13 bits per heavy atom. The normalized spacial score (nSPS) is 24.5. The lowest BCUT2D eigenvalue weighted by atomic mass is 9.64. The minimum absolute atomic E-state index is 0.0502. The zero-order chi connectivity index (χ0) is 11.7. The van der Waals surface area contributed by atoms with Crippen molar-refractivity contribution in [2.24, 2.45) is 10.8 Å². The molecule has 1 rings (SSSR count). The van der Waals surface area contributed by atoms with Crippen molar-refractivity contribution >= 4 is 5.97 Å². The van der Waals surface area contributed by atoms with Gasteiger partial charge in [0, 0.05) is 6.08 Å². The van der Waals surface area contributed by atoms with Gasteiger partial charge in [0.1, 0.15) is 6.10 Å². The molecule has 0 N–H and O–H groups in total. The number of rotatable bonds is 2. The molecule has 0 aromatic rings. The maximum Gasteiger partial charge on any atom is 0.330 e. The first-order valence-electron chi connectivity index (χ1n) is 5.57. The van der Waals surface area contributed by atoms with Crippen LogP contribution in [0.3, 0.4) is 0 Å². The Balaban J connectivity index is 2.67. The Labute approximate surface area is 92.7 Å². The average molecular weight is 210 g/mol. The molecule has 2 heteroatoms. The van der Waals surface area contributed by atoms with Gasteiger partial charge in [-0.3, -0.25) is 0 Å². The molecular formula is C13H22O2. The number of carbonyl (C=O) groups is 1. The van der Waals surface area contributed by atoms with E-state index in [-0.39, 0.29) is 22.9 Å². The van der Waals surface area contributed by atoms with Crippen LogP contribution in [0.4, 0.5) is 0 Å². The maximum atomic E-state index is 11.2. The van der Waals surface area contributed by atoms with E-state index in [9.17, 15) is 4.79 Å². The van der Waals surface area contributed by atoms with Gasteiger partial charge in [0.25, 0.3) is 0 Å². The van der Waals surface area contributed by atoms with Crippen LogP contribution < -0.4 is 0 Å². The number of ether oxygens (including phenoxy) is 1. The van der Waals surface area contributed by atoms with Crippen LogP contribution in [-0.4, -0.2) is 12.1 Å². The van der Waals surface area contributed by atoms with Crippen LogP contribution in [0.25, 0.3) is 0 Å². The predicted octanol–water partition coefficient (Wildman–Crippen LogP) is 3.32. The lowest BCUT2D eigenvalue weighted by Crippen LogP contribution is -2.38. The summed E-state index contributed by atoms with van der Waals surface area (Å²) in [6.07, 6.45) is 4.39. The van der Waals surface area contributed by atoms with Gasteiger partial charge in [-0.1, -0.05) is 34.3 Å². The molecule has 0 spiro atoms. The van der Waals surface area contributed by atoms with Crippen molar-refractivity contribution < 1.29 is 9.53 Å². The van der Waals surface area contributed by atoms with Crippen molar-refractivity contribution in [1.29, 1.82) is 0 Å². The van der Waals surface area contributed by atoms with Crippen LogP contribution in [0, 0.1) is 10.8 Å². The van der Waals surface area contributed by atoms with Gasteiger partial charge in [-0.15, -0.1) is 0 Å². The number of esters is 1. The maximum absolute atomic E-state index is 11.2. The molecule has 1 aliphatic rings. The number of carbonyl (C=O) groups excluding carboxylic acids is 1. The second-order valence-corrected chi connectivity index (χ2v) is 6.18. The summed E-state index contributed by atoms with van der Waals surface area (Å²) in [4.78, 5) is 11.2. The quantitative estimate of drug-likeness (QED) is 0.516. The topological polar surface area (TPSA) is 26.3 Å². The molecule has 0 unspecified atom stereocenters. The second kappa shape index (κ2) is 3.99. The van der Waals surface area contributed by atoms with Crippen LogP contribution in [-0.2, 0) is 9.53 Å². The molecule has 0 aliphatic heterocycles. The summed E-state index contributed by atoms with van der Waals surface area (Å²) in [6.45, 7) is 12.4. The number of hydrogen-bond acceptors (Lipinski definition) is 2. The SMILES string of the molecule is C=CC(=O)OC1CC(C)(C)CC(C)(C)C1. The molecule has 1 aliphatic carbocycles. The summed E-state index contributed by atoms with van der Waals surface area (Å²) < 4.78 is 5.35. The van der Waals surface area contributed by atoms with E-state index in [1.807, 2.05) is 0 Å². The lowest BCUT2D eigenvalue weighted by Gasteiger charge is -2.44. The summed E-state index contributed by atoms with van der Waals surface area (Å²) in [7, 11) is 0. The fraction of sp³-hybridized carbons (Fsp3) is 0.769. The third-order valence-corrected chi connectivity index (χ3v) is 2.97. The molecular weight excluding hydrogens is 188 g/mol. The van der Waals surface area contributed by atoms with Crippen molar-refractivity contribution in [3.05, 3.63) is 12.7 Å². The highest BCUT2D eigenvalue weighted by Gasteiger charge is 2.39. The second-order valence-electron chi connectivity index (χ2n) is 6.18. The first-order valence-corrected chi connectivity index (χ1v) is 5.57. The van der Waals surface area contributed by atoms with E-state index in [1.54, 1.807) is 0 Å². The average Bonchev–Trinajstić information content (AvgIpc) is 1.97. The summed E-state index contributed by atoms with van der Waals surface area (Å²) in [5.74, 6) is -0.298. The van der Waals surface area contributed by atoms with E-state index >= 15 is 0 Å². The van der Waals surface area contributed by atoms with Gasteiger partial charge in [-0.2, -0.15) is 0 Å². The Bertz CT molecular complexity index is 248. The van der Waals surface area contributed by atoms with Crippen LogP contribution in [0.15, 0.2) is 12.7 Å². The molecule has 2 nitrogen and oxygen atoms in total. The van der Waals surface area contributed by atoms with Gasteiger partial charge >= 0.3 is 5.97 Å². The predicted molar refractivity (Wildman–Crippen MR) is 61.5 cm³/mol. The molecule has 0 radical (unpaired) electrons. The van der Waals surface area contributed by atoms with Crippen molar-refractivity contribution in [3.8, 4) is 0 Å². The zero-order valence-corrected chi connectivity index (χ0v) is 10.3. The Morgan fingerprint density at radius 2 is 1.73 bits per heavy atom. The molecule has 1 fully saturated rings. The first-order chi connectivity index (χ1) is 6.74. The lowest BCUT2D eigenvalue weighted by molar-refractivity contribution is -0.149. The van der Waals surface area contributed by atoms with Gasteiger partial charge < -0.3 is 4.74 Å². The van der Waals surface area contributed by atoms with Gasteiger partial charge in [-0.25, -0.2) is 4.79 Å². The molecule has 1 saturated carbocycles. The van der Waals surface area contributed by atoms with E-state index in [0.29, 0.717) is 0 Å². The van der Waals surface area contributed by atoms with Crippen molar-refractivity contribution in [2.75, 3.05) is 0 Å². The summed E-state index contributed by atoms with van der Waals surface area (Å²) in [5.41, 5.74) is 0.516. The van der Waals surface area contributed by atoms with Crippen molar-refractivity contribution in [2.45, 2.75) is 53.1 Å². The third kappa shape index (κ3) is 3.69. The highest BCUT2D eigenvalue weighted by atomic mass is 16.5. The Kier molecular flexibility index (Phi) is 3.27. The molecule has 0 aromatic heterocycles. The van der Waals surface area contributed by atoms with E-state index in [0.717, 1.165) is 12.8 Å². The first kappa shape index (κ1) is 12.3. The summed E-state index contributed by atoms with van der Waals surface area (Å²) >= 11 is 0. The Hall–Kier alpha value is -0.790. The molecule has 15 heavy (non-hydrogen) atoms. The summed E-state index contributed by atoms with van der Waals surface area (Å²) in [5, 5.41) is 0. The molecule has 0 amide bonds. The fourth-order valence-corrected chi connectivity index (χ4v) is 3.04. The van der Waals surface area contributed by atoms with Gasteiger partial charge in [0.2, 0.25) is 0 Å². The zero-order valence-electron chi connectivity index (χ0n) is 10.3. The number of hydrogen-bond donors (Lipinski definition) is 0. The van der Waals surface area contributed by atoms with E-state index in [4.69, 9.17) is 4.74 Å². The molecule has 0 atom stereocenters. The van der Waals surface area contributed by atoms with Gasteiger partial charge in [0.15, 0.2) is 0 Å². The molecule has 86 valence electrons.